The van der Waals surface area contributed by atoms with E-state index in [1.165, 1.54) is 0 Å². The van der Waals surface area contributed by atoms with Crippen molar-refractivity contribution in [1.29, 1.82) is 0 Å². The molecule has 1 aliphatic rings. The number of benzene rings is 2. The van der Waals surface area contributed by atoms with Crippen LogP contribution < -0.4 is 0 Å². The summed E-state index contributed by atoms with van der Waals surface area (Å²) in [5.74, 6) is -0.806. The van der Waals surface area contributed by atoms with Crippen LogP contribution in [-0.2, 0) is 10.2 Å². The van der Waals surface area contributed by atoms with Gasteiger partial charge in [-0.3, -0.25) is 9.59 Å². The minimum Gasteiger partial charge on any atom is -0.481 e. The van der Waals surface area contributed by atoms with Gasteiger partial charge in [-0.1, -0.05) is 54.1 Å². The number of hydrogen-bond donors (Lipinski definition) is 1. The number of amides is 1. The van der Waals surface area contributed by atoms with E-state index in [1.807, 2.05) is 49.4 Å². The third-order valence-corrected chi connectivity index (χ3v) is 6.05. The first-order valence-corrected chi connectivity index (χ1v) is 9.57. The monoisotopic (exact) mass is 397 g/mol. The third-order valence-electron chi connectivity index (χ3n) is 5.75. The van der Waals surface area contributed by atoms with Crippen LogP contribution in [0.25, 0.3) is 11.0 Å². The van der Waals surface area contributed by atoms with Crippen molar-refractivity contribution < 1.29 is 19.1 Å². The molecule has 4 rings (SSSR count). The van der Waals surface area contributed by atoms with Crippen LogP contribution in [0.2, 0.25) is 5.02 Å². The van der Waals surface area contributed by atoms with Crippen molar-refractivity contribution in [2.45, 2.75) is 25.2 Å². The van der Waals surface area contributed by atoms with Crippen molar-refractivity contribution in [1.82, 2.24) is 4.90 Å². The highest BCUT2D eigenvalue weighted by atomic mass is 35.5. The summed E-state index contributed by atoms with van der Waals surface area (Å²) in [6.45, 7) is 2.54. The predicted octanol–water partition coefficient (Wildman–Crippen LogP) is 4.65. The fraction of sp³-hybridized carbons (Fsp3) is 0.273. The molecule has 6 heteroatoms. The highest BCUT2D eigenvalue weighted by Gasteiger charge is 2.44. The largest absolute Gasteiger partial charge is 0.481 e. The number of aryl methyl sites for hydroxylation is 1. The number of likely N-dealkylation sites (tertiary alicyclic amines) is 1. The Morgan fingerprint density at radius 2 is 1.75 bits per heavy atom. The molecule has 1 amide bonds. The standard InChI is InChI=1S/C22H20ClNO4/c1-14-16-8-5-9-17(23)19(16)28-18(14)20(25)24-12-10-22(11-13-24,21(26)27)15-6-3-2-4-7-15/h2-9H,10-13H2,1H3,(H,26,27). The lowest BCUT2D eigenvalue weighted by molar-refractivity contribution is -0.145. The van der Waals surface area contributed by atoms with Crippen LogP contribution in [0.4, 0.5) is 0 Å². The number of halogens is 1. The zero-order valence-corrected chi connectivity index (χ0v) is 16.2. The lowest BCUT2D eigenvalue weighted by Gasteiger charge is -2.39. The van der Waals surface area contributed by atoms with Gasteiger partial charge in [0.2, 0.25) is 0 Å². The van der Waals surface area contributed by atoms with E-state index in [0.29, 0.717) is 36.5 Å². The van der Waals surface area contributed by atoms with Gasteiger partial charge in [-0.15, -0.1) is 0 Å². The Kier molecular flexibility index (Phi) is 4.63. The molecule has 1 saturated heterocycles. The average molecular weight is 398 g/mol. The summed E-state index contributed by atoms with van der Waals surface area (Å²) < 4.78 is 5.79. The molecule has 0 aliphatic carbocycles. The third kappa shape index (κ3) is 2.87. The zero-order chi connectivity index (χ0) is 19.9. The molecule has 2 heterocycles. The number of rotatable bonds is 3. The van der Waals surface area contributed by atoms with Gasteiger partial charge in [-0.05, 0) is 31.4 Å². The van der Waals surface area contributed by atoms with Crippen LogP contribution in [0.3, 0.4) is 0 Å². The minimum absolute atomic E-state index is 0.225. The van der Waals surface area contributed by atoms with Crippen LogP contribution in [-0.4, -0.2) is 35.0 Å². The summed E-state index contributed by atoms with van der Waals surface area (Å²) in [7, 11) is 0. The average Bonchev–Trinajstić information content (AvgIpc) is 3.06. The van der Waals surface area contributed by atoms with Crippen LogP contribution in [0, 0.1) is 6.92 Å². The number of para-hydroxylation sites is 1. The molecular weight excluding hydrogens is 378 g/mol. The SMILES string of the molecule is Cc1c(C(=O)N2CCC(C(=O)O)(c3ccccc3)CC2)oc2c(Cl)cccc12. The van der Waals surface area contributed by atoms with Crippen LogP contribution in [0.15, 0.2) is 52.9 Å². The number of carboxylic acids is 1. The summed E-state index contributed by atoms with van der Waals surface area (Å²) in [5, 5.41) is 11.2. The number of carboxylic acid groups (broad SMARTS) is 1. The molecule has 5 nitrogen and oxygen atoms in total. The molecule has 0 bridgehead atoms. The van der Waals surface area contributed by atoms with E-state index in [4.69, 9.17) is 16.0 Å². The van der Waals surface area contributed by atoms with Crippen molar-refractivity contribution in [2.24, 2.45) is 0 Å². The van der Waals surface area contributed by atoms with Crippen molar-refractivity contribution in [3.8, 4) is 0 Å². The maximum atomic E-state index is 13.1. The number of piperidine rings is 1. The molecule has 0 saturated carbocycles. The molecule has 3 aromatic rings. The normalized spacial score (nSPS) is 16.3. The van der Waals surface area contributed by atoms with Crippen LogP contribution in [0.1, 0.15) is 34.5 Å². The summed E-state index contributed by atoms with van der Waals surface area (Å²) in [4.78, 5) is 26.8. The Bertz CT molecular complexity index is 1050. The fourth-order valence-corrected chi connectivity index (χ4v) is 4.24. The van der Waals surface area contributed by atoms with E-state index in [0.717, 1.165) is 16.5 Å². The van der Waals surface area contributed by atoms with Gasteiger partial charge < -0.3 is 14.4 Å². The Labute approximate surface area is 167 Å². The van der Waals surface area contributed by atoms with Gasteiger partial charge in [-0.2, -0.15) is 0 Å². The van der Waals surface area contributed by atoms with E-state index >= 15 is 0 Å². The van der Waals surface area contributed by atoms with Gasteiger partial charge in [0, 0.05) is 24.0 Å². The van der Waals surface area contributed by atoms with Crippen molar-refractivity contribution in [3.05, 3.63) is 70.4 Å². The predicted molar refractivity (Wildman–Crippen MR) is 107 cm³/mol. The highest BCUT2D eigenvalue weighted by molar-refractivity contribution is 6.35. The number of furan rings is 1. The maximum absolute atomic E-state index is 13.1. The second kappa shape index (κ2) is 6.99. The van der Waals surface area contributed by atoms with Crippen molar-refractivity contribution in [2.75, 3.05) is 13.1 Å². The van der Waals surface area contributed by atoms with E-state index in [-0.39, 0.29) is 11.7 Å². The van der Waals surface area contributed by atoms with Gasteiger partial charge >= 0.3 is 5.97 Å². The lowest BCUT2D eigenvalue weighted by atomic mass is 9.73. The zero-order valence-electron chi connectivity index (χ0n) is 15.4. The first-order valence-electron chi connectivity index (χ1n) is 9.20. The van der Waals surface area contributed by atoms with Crippen molar-refractivity contribution >= 4 is 34.4 Å². The van der Waals surface area contributed by atoms with E-state index in [2.05, 4.69) is 0 Å². The number of hydrogen-bond acceptors (Lipinski definition) is 3. The summed E-state index contributed by atoms with van der Waals surface area (Å²) in [5.41, 5.74) is 1.07. The van der Waals surface area contributed by atoms with Gasteiger partial charge in [-0.25, -0.2) is 0 Å². The molecule has 0 spiro atoms. The fourth-order valence-electron chi connectivity index (χ4n) is 4.03. The first kappa shape index (κ1) is 18.6. The van der Waals surface area contributed by atoms with Gasteiger partial charge in [0.1, 0.15) is 0 Å². The molecule has 0 atom stereocenters. The highest BCUT2D eigenvalue weighted by Crippen LogP contribution is 2.37. The molecular formula is C22H20ClNO4. The Morgan fingerprint density at radius 1 is 1.07 bits per heavy atom. The molecule has 144 valence electrons. The number of carbonyl (C=O) groups is 2. The summed E-state index contributed by atoms with van der Waals surface area (Å²) >= 11 is 6.19. The Balaban J connectivity index is 1.60. The molecule has 1 aliphatic heterocycles. The number of aliphatic carboxylic acids is 1. The van der Waals surface area contributed by atoms with Gasteiger partial charge in [0.15, 0.2) is 11.3 Å². The molecule has 28 heavy (non-hydrogen) atoms. The molecule has 1 aromatic heterocycles. The second-order valence-corrected chi connectivity index (χ2v) is 7.63. The van der Waals surface area contributed by atoms with Gasteiger partial charge in [0.05, 0.1) is 10.4 Å². The van der Waals surface area contributed by atoms with Gasteiger partial charge in [0.25, 0.3) is 5.91 Å². The second-order valence-electron chi connectivity index (χ2n) is 7.22. The lowest BCUT2D eigenvalue weighted by Crippen LogP contribution is -2.49. The summed E-state index contributed by atoms with van der Waals surface area (Å²) in [6, 6.07) is 14.7. The number of carbonyl (C=O) groups excluding carboxylic acids is 1. The Hall–Kier alpha value is -2.79. The Morgan fingerprint density at radius 3 is 2.36 bits per heavy atom. The van der Waals surface area contributed by atoms with E-state index in [1.54, 1.807) is 11.0 Å². The summed E-state index contributed by atoms with van der Waals surface area (Å²) in [6.07, 6.45) is 0.718. The molecule has 2 aromatic carbocycles. The number of fused-ring (bicyclic) bond motifs is 1. The maximum Gasteiger partial charge on any atom is 0.314 e. The van der Waals surface area contributed by atoms with Crippen molar-refractivity contribution in [3.63, 3.8) is 0 Å². The topological polar surface area (TPSA) is 70.8 Å². The number of nitrogens with zero attached hydrogens (tertiary/aromatic N) is 1. The molecule has 0 radical (unpaired) electrons. The van der Waals surface area contributed by atoms with Crippen LogP contribution >= 0.6 is 11.6 Å². The van der Waals surface area contributed by atoms with E-state index < -0.39 is 11.4 Å². The quantitative estimate of drug-likeness (QED) is 0.698. The smallest absolute Gasteiger partial charge is 0.314 e. The minimum atomic E-state index is -0.968. The van der Waals surface area contributed by atoms with Crippen LogP contribution in [0.5, 0.6) is 0 Å². The molecule has 0 unspecified atom stereocenters. The molecule has 1 fully saturated rings. The van der Waals surface area contributed by atoms with E-state index in [9.17, 15) is 14.7 Å². The molecule has 1 N–H and O–H groups in total. The first-order chi connectivity index (χ1) is 13.4.